The Balaban J connectivity index is 1.33. The molecule has 0 bridgehead atoms. The lowest BCUT2D eigenvalue weighted by molar-refractivity contribution is 0.0842. The molecule has 1 aromatic carbocycles. The van der Waals surface area contributed by atoms with Gasteiger partial charge in [0.25, 0.3) is 0 Å². The summed E-state index contributed by atoms with van der Waals surface area (Å²) in [6.07, 6.45) is 14.4. The second-order valence-electron chi connectivity index (χ2n) is 10.5. The fraction of sp³-hybridized carbons (Fsp3) is 0.769. The van der Waals surface area contributed by atoms with E-state index in [1.54, 1.807) is 0 Å². The molecule has 3 saturated heterocycles. The summed E-state index contributed by atoms with van der Waals surface area (Å²) in [5, 5.41) is 0. The third kappa shape index (κ3) is 3.85. The van der Waals surface area contributed by atoms with Crippen molar-refractivity contribution in [3.8, 4) is 0 Å². The third-order valence-corrected chi connectivity index (χ3v) is 8.84. The summed E-state index contributed by atoms with van der Waals surface area (Å²) < 4.78 is 0. The second-order valence-corrected chi connectivity index (χ2v) is 10.5. The standard InChI is InChI=1S/C26H41N3/c1-27-19-22-20-29(24-13-9-6-10-14-24)26(25(22)21-27)15-17-28(18-16-26)23-11-7-4-2-3-5-8-12-23/h6,9-10,13-14,22-23,25H,2-5,7-8,11-12,15-21H2,1H3/t22-,25-/m1/s1. The van der Waals surface area contributed by atoms with Gasteiger partial charge in [0, 0.05) is 55.9 Å². The normalized spacial score (nSPS) is 32.1. The highest BCUT2D eigenvalue weighted by atomic mass is 15.3. The molecule has 5 rings (SSSR count). The summed E-state index contributed by atoms with van der Waals surface area (Å²) in [5.41, 5.74) is 1.87. The van der Waals surface area contributed by atoms with Crippen LogP contribution in [-0.2, 0) is 0 Å². The fourth-order valence-corrected chi connectivity index (χ4v) is 7.36. The maximum absolute atomic E-state index is 2.91. The molecule has 0 amide bonds. The molecule has 0 radical (unpaired) electrons. The summed E-state index contributed by atoms with van der Waals surface area (Å²) in [7, 11) is 2.34. The van der Waals surface area contributed by atoms with Crippen LogP contribution in [0.15, 0.2) is 30.3 Å². The van der Waals surface area contributed by atoms with Crippen LogP contribution in [0, 0.1) is 11.8 Å². The maximum Gasteiger partial charge on any atom is 0.0470 e. The Hall–Kier alpha value is -1.06. The van der Waals surface area contributed by atoms with E-state index >= 15 is 0 Å². The molecule has 160 valence electrons. The molecule has 3 aliphatic heterocycles. The Kier molecular flexibility index (Phi) is 5.89. The van der Waals surface area contributed by atoms with E-state index in [0.717, 1.165) is 17.9 Å². The molecule has 2 atom stereocenters. The Morgan fingerprint density at radius 2 is 1.45 bits per heavy atom. The van der Waals surface area contributed by atoms with Gasteiger partial charge in [0.1, 0.15) is 0 Å². The average Bonchev–Trinajstić information content (AvgIpc) is 3.29. The number of piperidine rings is 1. The summed E-state index contributed by atoms with van der Waals surface area (Å²) >= 11 is 0. The van der Waals surface area contributed by atoms with Gasteiger partial charge in [-0.05, 0) is 50.8 Å². The number of nitrogens with zero attached hydrogens (tertiary/aromatic N) is 3. The van der Waals surface area contributed by atoms with Gasteiger partial charge in [-0.25, -0.2) is 0 Å². The van der Waals surface area contributed by atoms with Crippen LogP contribution in [0.3, 0.4) is 0 Å². The van der Waals surface area contributed by atoms with E-state index in [1.807, 2.05) is 0 Å². The molecule has 29 heavy (non-hydrogen) atoms. The molecular formula is C26H41N3. The van der Waals surface area contributed by atoms with Crippen molar-refractivity contribution in [1.82, 2.24) is 9.80 Å². The van der Waals surface area contributed by atoms with Gasteiger partial charge in [-0.2, -0.15) is 0 Å². The summed E-state index contributed by atoms with van der Waals surface area (Å²) in [6, 6.07) is 12.2. The van der Waals surface area contributed by atoms with Crippen molar-refractivity contribution in [3.05, 3.63) is 30.3 Å². The lowest BCUT2D eigenvalue weighted by atomic mass is 9.74. The summed E-state index contributed by atoms with van der Waals surface area (Å²) in [5.74, 6) is 1.71. The van der Waals surface area contributed by atoms with Crippen LogP contribution in [-0.4, -0.2) is 61.2 Å². The average molecular weight is 396 g/mol. The largest absolute Gasteiger partial charge is 0.365 e. The Morgan fingerprint density at radius 1 is 0.793 bits per heavy atom. The first-order chi connectivity index (χ1) is 14.3. The van der Waals surface area contributed by atoms with Gasteiger partial charge in [0.2, 0.25) is 0 Å². The van der Waals surface area contributed by atoms with E-state index in [2.05, 4.69) is 52.1 Å². The minimum Gasteiger partial charge on any atom is -0.365 e. The van der Waals surface area contributed by atoms with E-state index in [4.69, 9.17) is 0 Å². The molecule has 4 aliphatic rings. The van der Waals surface area contributed by atoms with Crippen molar-refractivity contribution < 1.29 is 0 Å². The molecule has 3 heteroatoms. The van der Waals surface area contributed by atoms with Gasteiger partial charge in [-0.3, -0.25) is 0 Å². The Bertz CT molecular complexity index is 641. The lowest BCUT2D eigenvalue weighted by Gasteiger charge is -2.50. The first kappa shape index (κ1) is 19.9. The number of likely N-dealkylation sites (tertiary alicyclic amines) is 2. The highest BCUT2D eigenvalue weighted by molar-refractivity contribution is 5.52. The summed E-state index contributed by atoms with van der Waals surface area (Å²) in [6.45, 7) is 6.50. The minimum atomic E-state index is 0.395. The minimum absolute atomic E-state index is 0.395. The number of para-hydroxylation sites is 1. The zero-order valence-corrected chi connectivity index (χ0v) is 18.6. The third-order valence-electron chi connectivity index (χ3n) is 8.84. The van der Waals surface area contributed by atoms with Gasteiger partial charge in [-0.15, -0.1) is 0 Å². The van der Waals surface area contributed by atoms with Crippen LogP contribution in [0.4, 0.5) is 5.69 Å². The fourth-order valence-electron chi connectivity index (χ4n) is 7.36. The van der Waals surface area contributed by atoms with Crippen molar-refractivity contribution in [2.24, 2.45) is 11.8 Å². The van der Waals surface area contributed by atoms with Crippen molar-refractivity contribution in [1.29, 1.82) is 0 Å². The molecule has 4 fully saturated rings. The van der Waals surface area contributed by atoms with Gasteiger partial charge < -0.3 is 14.7 Å². The van der Waals surface area contributed by atoms with Gasteiger partial charge in [0.15, 0.2) is 0 Å². The van der Waals surface area contributed by atoms with Crippen LogP contribution in [0.25, 0.3) is 0 Å². The molecule has 3 nitrogen and oxygen atoms in total. The molecule has 3 heterocycles. The number of rotatable bonds is 2. The van der Waals surface area contributed by atoms with Gasteiger partial charge >= 0.3 is 0 Å². The maximum atomic E-state index is 2.91. The molecule has 1 aliphatic carbocycles. The molecule has 0 unspecified atom stereocenters. The zero-order chi connectivity index (χ0) is 19.7. The SMILES string of the molecule is CN1C[C@@H]2CN(c3ccccc3)C3(CCN(C4CCCCCCCC4)CC3)[C@@H]2C1. The zero-order valence-electron chi connectivity index (χ0n) is 18.6. The molecule has 0 aromatic heterocycles. The number of anilines is 1. The van der Waals surface area contributed by atoms with Crippen molar-refractivity contribution in [2.75, 3.05) is 44.7 Å². The van der Waals surface area contributed by atoms with Gasteiger partial charge in [0.05, 0.1) is 0 Å². The van der Waals surface area contributed by atoms with Crippen molar-refractivity contribution in [3.63, 3.8) is 0 Å². The number of hydrogen-bond donors (Lipinski definition) is 0. The number of benzene rings is 1. The van der Waals surface area contributed by atoms with Gasteiger partial charge in [-0.1, -0.05) is 56.7 Å². The van der Waals surface area contributed by atoms with Crippen LogP contribution in [0.2, 0.25) is 0 Å². The highest BCUT2D eigenvalue weighted by Crippen LogP contribution is 2.50. The molecule has 1 spiro atoms. The number of fused-ring (bicyclic) bond motifs is 2. The number of hydrogen-bond acceptors (Lipinski definition) is 3. The van der Waals surface area contributed by atoms with E-state index in [0.29, 0.717) is 5.54 Å². The van der Waals surface area contributed by atoms with E-state index in [9.17, 15) is 0 Å². The molecule has 1 aromatic rings. The molecule has 1 saturated carbocycles. The smallest absolute Gasteiger partial charge is 0.0470 e. The van der Waals surface area contributed by atoms with Crippen molar-refractivity contribution in [2.45, 2.75) is 75.8 Å². The first-order valence-electron chi connectivity index (χ1n) is 12.5. The quantitative estimate of drug-likeness (QED) is 0.696. The predicted molar refractivity (Wildman–Crippen MR) is 123 cm³/mol. The first-order valence-corrected chi connectivity index (χ1v) is 12.5. The molecule has 0 N–H and O–H groups in total. The van der Waals surface area contributed by atoms with E-state index in [1.165, 1.54) is 103 Å². The van der Waals surface area contributed by atoms with Crippen LogP contribution >= 0.6 is 0 Å². The van der Waals surface area contributed by atoms with E-state index < -0.39 is 0 Å². The Labute approximate surface area is 178 Å². The predicted octanol–water partition coefficient (Wildman–Crippen LogP) is 5.02. The van der Waals surface area contributed by atoms with Crippen molar-refractivity contribution >= 4 is 5.69 Å². The highest BCUT2D eigenvalue weighted by Gasteiger charge is 2.57. The van der Waals surface area contributed by atoms with Crippen LogP contribution < -0.4 is 4.90 Å². The second kappa shape index (κ2) is 8.59. The lowest BCUT2D eigenvalue weighted by Crippen LogP contribution is -2.58. The topological polar surface area (TPSA) is 9.72 Å². The monoisotopic (exact) mass is 395 g/mol. The van der Waals surface area contributed by atoms with Crippen LogP contribution in [0.5, 0.6) is 0 Å². The van der Waals surface area contributed by atoms with E-state index in [-0.39, 0.29) is 0 Å². The summed E-state index contributed by atoms with van der Waals surface area (Å²) in [4.78, 5) is 8.37. The molecular weight excluding hydrogens is 354 g/mol. The Morgan fingerprint density at radius 3 is 2.14 bits per heavy atom. The van der Waals surface area contributed by atoms with Crippen LogP contribution in [0.1, 0.15) is 64.2 Å².